The first kappa shape index (κ1) is 16.0. The third kappa shape index (κ3) is 3.07. The Balaban J connectivity index is 1.74. The smallest absolute Gasteiger partial charge is 0.227 e. The first-order valence-electron chi connectivity index (χ1n) is 8.22. The van der Waals surface area contributed by atoms with Gasteiger partial charge in [-0.25, -0.2) is 4.98 Å². The van der Waals surface area contributed by atoms with Crippen LogP contribution in [0.25, 0.3) is 11.4 Å². The molecule has 0 aliphatic carbocycles. The van der Waals surface area contributed by atoms with E-state index in [1.165, 1.54) is 5.56 Å². The summed E-state index contributed by atoms with van der Waals surface area (Å²) in [4.78, 5) is 9.43. The molecule has 0 radical (unpaired) electrons. The number of ether oxygens (including phenoxy) is 2. The quantitative estimate of drug-likeness (QED) is 0.384. The Hall–Kier alpha value is -2.53. The van der Waals surface area contributed by atoms with Crippen molar-refractivity contribution < 1.29 is 9.47 Å². The summed E-state index contributed by atoms with van der Waals surface area (Å²) < 4.78 is 11.6. The zero-order chi connectivity index (χ0) is 17.2. The Bertz CT molecular complexity index is 910. The fraction of sp³-hybridized carbons (Fsp3) is 0.200. The van der Waals surface area contributed by atoms with E-state index in [9.17, 15) is 0 Å². The molecule has 25 heavy (non-hydrogen) atoms. The highest BCUT2D eigenvalue weighted by Crippen LogP contribution is 2.39. The second kappa shape index (κ2) is 6.76. The highest BCUT2D eigenvalue weighted by molar-refractivity contribution is 7.98. The molecule has 1 aliphatic heterocycles. The van der Waals surface area contributed by atoms with E-state index in [2.05, 4.69) is 11.1 Å². The molecule has 4 nitrogen and oxygen atoms in total. The lowest BCUT2D eigenvalue weighted by Gasteiger charge is -2.21. The number of benzene rings is 2. The van der Waals surface area contributed by atoms with E-state index in [1.807, 2.05) is 55.6 Å². The van der Waals surface area contributed by atoms with Gasteiger partial charge in [-0.05, 0) is 49.1 Å². The molecule has 0 atom stereocenters. The van der Waals surface area contributed by atoms with Gasteiger partial charge in [-0.3, -0.25) is 0 Å². The number of hydrogen-bond acceptors (Lipinski definition) is 5. The highest BCUT2D eigenvalue weighted by atomic mass is 32.2. The average Bonchev–Trinajstić information content (AvgIpc) is 2.66. The highest BCUT2D eigenvalue weighted by Gasteiger charge is 2.23. The fourth-order valence-electron chi connectivity index (χ4n) is 2.89. The van der Waals surface area contributed by atoms with E-state index in [1.54, 1.807) is 11.8 Å². The van der Waals surface area contributed by atoms with E-state index in [4.69, 9.17) is 14.5 Å². The Morgan fingerprint density at radius 1 is 1.08 bits per heavy atom. The first-order valence-corrected chi connectivity index (χ1v) is 9.45. The second-order valence-corrected chi connectivity index (χ2v) is 6.48. The van der Waals surface area contributed by atoms with Crippen molar-refractivity contribution in [3.63, 3.8) is 0 Å². The first-order chi connectivity index (χ1) is 12.3. The third-order valence-electron chi connectivity index (χ3n) is 4.09. The van der Waals surface area contributed by atoms with Crippen LogP contribution in [0.1, 0.15) is 18.1 Å². The average molecular weight is 350 g/mol. The Kier molecular flexibility index (Phi) is 4.32. The fourth-order valence-corrected chi connectivity index (χ4v) is 3.47. The molecule has 0 saturated heterocycles. The van der Waals surface area contributed by atoms with Gasteiger partial charge < -0.3 is 9.47 Å². The summed E-state index contributed by atoms with van der Waals surface area (Å²) in [5, 5.41) is 0.961. The Morgan fingerprint density at radius 2 is 1.88 bits per heavy atom. The molecule has 0 bridgehead atoms. The summed E-state index contributed by atoms with van der Waals surface area (Å²) in [6, 6.07) is 15.9. The van der Waals surface area contributed by atoms with E-state index >= 15 is 0 Å². The molecule has 2 aromatic carbocycles. The van der Waals surface area contributed by atoms with E-state index < -0.39 is 0 Å². The van der Waals surface area contributed by atoms with Crippen molar-refractivity contribution >= 4 is 11.8 Å². The largest absolute Gasteiger partial charge is 0.494 e. The van der Waals surface area contributed by atoms with Crippen molar-refractivity contribution in [2.75, 3.05) is 12.9 Å². The summed E-state index contributed by atoms with van der Waals surface area (Å²) in [6.07, 6.45) is 2.83. The molecule has 0 N–H and O–H groups in total. The monoisotopic (exact) mass is 350 g/mol. The van der Waals surface area contributed by atoms with Gasteiger partial charge in [-0.15, -0.1) is 11.8 Å². The molecule has 0 fully saturated rings. The number of rotatable bonds is 4. The van der Waals surface area contributed by atoms with Gasteiger partial charge in [0.05, 0.1) is 12.2 Å². The number of thioether (sulfide) groups is 1. The van der Waals surface area contributed by atoms with E-state index in [0.29, 0.717) is 18.3 Å². The molecule has 0 amide bonds. The van der Waals surface area contributed by atoms with Crippen LogP contribution in [0, 0.1) is 0 Å². The molecule has 0 saturated carbocycles. The van der Waals surface area contributed by atoms with Crippen molar-refractivity contribution in [2.24, 2.45) is 0 Å². The number of aromatic nitrogens is 2. The van der Waals surface area contributed by atoms with Crippen LogP contribution >= 0.6 is 11.8 Å². The van der Waals surface area contributed by atoms with Gasteiger partial charge in [0.25, 0.3) is 0 Å². The molecule has 126 valence electrons. The van der Waals surface area contributed by atoms with E-state index in [-0.39, 0.29) is 0 Å². The van der Waals surface area contributed by atoms with Crippen molar-refractivity contribution in [1.82, 2.24) is 9.97 Å². The molecule has 1 aliphatic rings. The van der Waals surface area contributed by atoms with E-state index in [0.717, 1.165) is 34.1 Å². The topological polar surface area (TPSA) is 44.2 Å². The predicted molar refractivity (Wildman–Crippen MR) is 99.7 cm³/mol. The minimum atomic E-state index is 0.651. The molecular formula is C20H18N2O2S. The number of hydrogen-bond donors (Lipinski definition) is 0. The van der Waals surface area contributed by atoms with Crippen LogP contribution < -0.4 is 9.47 Å². The van der Waals surface area contributed by atoms with Crippen LogP contribution in [-0.4, -0.2) is 22.8 Å². The Morgan fingerprint density at radius 3 is 2.64 bits per heavy atom. The summed E-state index contributed by atoms with van der Waals surface area (Å²) in [5.41, 5.74) is 3.17. The molecule has 0 unspecified atom stereocenters. The van der Waals surface area contributed by atoms with Gasteiger partial charge in [-0.1, -0.05) is 18.2 Å². The molecule has 3 aromatic rings. The second-order valence-electron chi connectivity index (χ2n) is 5.68. The summed E-state index contributed by atoms with van der Waals surface area (Å²) in [7, 11) is 0. The van der Waals surface area contributed by atoms with Gasteiger partial charge in [-0.2, -0.15) is 4.98 Å². The van der Waals surface area contributed by atoms with Crippen LogP contribution in [0.5, 0.6) is 17.4 Å². The van der Waals surface area contributed by atoms with Crippen molar-refractivity contribution in [1.29, 1.82) is 0 Å². The predicted octanol–water partition coefficient (Wildman–Crippen LogP) is 4.96. The van der Waals surface area contributed by atoms with Crippen LogP contribution in [0.4, 0.5) is 0 Å². The Labute approximate surface area is 151 Å². The molecule has 4 rings (SSSR count). The zero-order valence-corrected chi connectivity index (χ0v) is 15.0. The SMILES string of the molecule is CCOc1ccc(-c2nc3c(c(SC)n2)Cc2ccccc2O3)cc1. The summed E-state index contributed by atoms with van der Waals surface area (Å²) in [6.45, 7) is 2.62. The minimum Gasteiger partial charge on any atom is -0.494 e. The zero-order valence-electron chi connectivity index (χ0n) is 14.2. The van der Waals surface area contributed by atoms with Crippen LogP contribution in [0.3, 0.4) is 0 Å². The maximum atomic E-state index is 6.06. The van der Waals surface area contributed by atoms with Crippen molar-refractivity contribution in [3.8, 4) is 28.8 Å². The van der Waals surface area contributed by atoms with Crippen molar-refractivity contribution in [2.45, 2.75) is 18.4 Å². The third-order valence-corrected chi connectivity index (χ3v) is 4.82. The van der Waals surface area contributed by atoms with Gasteiger partial charge in [0.15, 0.2) is 5.82 Å². The standard InChI is InChI=1S/C20H18N2O2S/c1-3-23-15-10-8-13(9-11-15)18-21-19-16(20(22-18)25-2)12-14-6-4-5-7-17(14)24-19/h4-11H,3,12H2,1-2H3. The normalized spacial score (nSPS) is 12.1. The molecular weight excluding hydrogens is 332 g/mol. The lowest BCUT2D eigenvalue weighted by atomic mass is 10.0. The lowest BCUT2D eigenvalue weighted by Crippen LogP contribution is -2.08. The van der Waals surface area contributed by atoms with Gasteiger partial charge in [0, 0.05) is 12.0 Å². The van der Waals surface area contributed by atoms with Crippen LogP contribution in [0.2, 0.25) is 0 Å². The van der Waals surface area contributed by atoms with Crippen LogP contribution in [-0.2, 0) is 6.42 Å². The summed E-state index contributed by atoms with van der Waals surface area (Å²) in [5.74, 6) is 3.05. The van der Waals surface area contributed by atoms with Gasteiger partial charge in [0.2, 0.25) is 5.88 Å². The number of para-hydroxylation sites is 1. The summed E-state index contributed by atoms with van der Waals surface area (Å²) >= 11 is 1.62. The molecule has 2 heterocycles. The maximum absolute atomic E-state index is 6.06. The van der Waals surface area contributed by atoms with Crippen LogP contribution in [0.15, 0.2) is 53.6 Å². The minimum absolute atomic E-state index is 0.651. The molecule has 5 heteroatoms. The van der Waals surface area contributed by atoms with Gasteiger partial charge >= 0.3 is 0 Å². The van der Waals surface area contributed by atoms with Gasteiger partial charge in [0.1, 0.15) is 16.5 Å². The number of fused-ring (bicyclic) bond motifs is 2. The van der Waals surface area contributed by atoms with Crippen molar-refractivity contribution in [3.05, 3.63) is 59.7 Å². The maximum Gasteiger partial charge on any atom is 0.227 e. The molecule has 1 aromatic heterocycles. The lowest BCUT2D eigenvalue weighted by molar-refractivity contribution is 0.340. The molecule has 0 spiro atoms. The number of nitrogens with zero attached hydrogens (tertiary/aromatic N) is 2.